The normalized spacial score (nSPS) is 10.0. The maximum Gasteiger partial charge on any atom is 0.258 e. The highest BCUT2D eigenvalue weighted by atomic mass is 79.9. The van der Waals surface area contributed by atoms with Crippen LogP contribution in [-0.2, 0) is 4.79 Å². The molecule has 0 spiro atoms. The molecule has 0 atom stereocenters. The first-order valence-corrected chi connectivity index (χ1v) is 8.88. The maximum atomic E-state index is 12.2. The molecule has 0 aliphatic rings. The van der Waals surface area contributed by atoms with Gasteiger partial charge in [-0.05, 0) is 64.9 Å². The standard InChI is InChI=1S/C18H18BrN3O2S/c1-3-16(23)21-15-10-12(9-8-11(15)2)20-18(25)22-17(24)13-6-4-5-7-14(13)19/h4-10H,3H2,1-2H3,(H,21,23)(H2,20,22,24,25). The van der Waals surface area contributed by atoms with Gasteiger partial charge in [0.05, 0.1) is 5.56 Å². The minimum Gasteiger partial charge on any atom is -0.332 e. The Kier molecular flexibility index (Phi) is 6.66. The summed E-state index contributed by atoms with van der Waals surface area (Å²) >= 11 is 8.53. The molecule has 0 fully saturated rings. The van der Waals surface area contributed by atoms with Crippen LogP contribution in [0.5, 0.6) is 0 Å². The predicted octanol–water partition coefficient (Wildman–Crippen LogP) is 4.23. The minimum atomic E-state index is -0.309. The number of hydrogen-bond donors (Lipinski definition) is 3. The molecule has 0 aliphatic carbocycles. The lowest BCUT2D eigenvalue weighted by atomic mass is 10.1. The van der Waals surface area contributed by atoms with E-state index in [9.17, 15) is 9.59 Å². The van der Waals surface area contributed by atoms with Crippen LogP contribution in [0.15, 0.2) is 46.9 Å². The Morgan fingerprint density at radius 1 is 1.12 bits per heavy atom. The molecule has 5 nitrogen and oxygen atoms in total. The second-order valence-electron chi connectivity index (χ2n) is 5.32. The van der Waals surface area contributed by atoms with Crippen LogP contribution < -0.4 is 16.0 Å². The topological polar surface area (TPSA) is 70.2 Å². The number of thiocarbonyl (C=S) groups is 1. The number of rotatable bonds is 4. The number of nitrogens with one attached hydrogen (secondary N) is 3. The number of benzene rings is 2. The van der Waals surface area contributed by atoms with E-state index >= 15 is 0 Å². The molecular weight excluding hydrogens is 402 g/mol. The molecule has 3 N–H and O–H groups in total. The van der Waals surface area contributed by atoms with Gasteiger partial charge in [0.1, 0.15) is 0 Å². The van der Waals surface area contributed by atoms with Crippen LogP contribution in [0.25, 0.3) is 0 Å². The van der Waals surface area contributed by atoms with Crippen molar-refractivity contribution < 1.29 is 9.59 Å². The number of aryl methyl sites for hydroxylation is 1. The van der Waals surface area contributed by atoms with Crippen molar-refractivity contribution in [2.24, 2.45) is 0 Å². The zero-order valence-electron chi connectivity index (χ0n) is 13.9. The maximum absolute atomic E-state index is 12.2. The predicted molar refractivity (Wildman–Crippen MR) is 108 cm³/mol. The third-order valence-corrected chi connectivity index (χ3v) is 4.33. The summed E-state index contributed by atoms with van der Waals surface area (Å²) in [5, 5.41) is 8.60. The molecule has 2 rings (SSSR count). The number of amides is 2. The van der Waals surface area contributed by atoms with Gasteiger partial charge in [-0.25, -0.2) is 0 Å². The molecule has 130 valence electrons. The van der Waals surface area contributed by atoms with Crippen molar-refractivity contribution in [2.75, 3.05) is 10.6 Å². The summed E-state index contributed by atoms with van der Waals surface area (Å²) in [6, 6.07) is 12.6. The molecule has 0 heterocycles. The van der Waals surface area contributed by atoms with Gasteiger partial charge in [0, 0.05) is 22.3 Å². The monoisotopic (exact) mass is 419 g/mol. The highest BCUT2D eigenvalue weighted by Crippen LogP contribution is 2.21. The van der Waals surface area contributed by atoms with E-state index in [-0.39, 0.29) is 16.9 Å². The van der Waals surface area contributed by atoms with Crippen molar-refractivity contribution >= 4 is 56.4 Å². The zero-order chi connectivity index (χ0) is 18.4. The number of hydrogen-bond acceptors (Lipinski definition) is 3. The summed E-state index contributed by atoms with van der Waals surface area (Å²) in [7, 11) is 0. The van der Waals surface area contributed by atoms with Crippen LogP contribution in [0, 0.1) is 6.92 Å². The molecule has 7 heteroatoms. The lowest BCUT2D eigenvalue weighted by Gasteiger charge is -2.13. The van der Waals surface area contributed by atoms with Crippen molar-refractivity contribution in [1.82, 2.24) is 5.32 Å². The quantitative estimate of drug-likeness (QED) is 0.648. The Labute approximate surface area is 160 Å². The number of anilines is 2. The van der Waals surface area contributed by atoms with Crippen molar-refractivity contribution in [3.05, 3.63) is 58.1 Å². The number of halogens is 1. The Morgan fingerprint density at radius 2 is 1.84 bits per heavy atom. The molecule has 0 aliphatic heterocycles. The molecule has 0 saturated heterocycles. The molecule has 0 aromatic heterocycles. The fourth-order valence-electron chi connectivity index (χ4n) is 2.05. The first-order chi connectivity index (χ1) is 11.9. The van der Waals surface area contributed by atoms with E-state index in [2.05, 4.69) is 31.9 Å². The lowest BCUT2D eigenvalue weighted by Crippen LogP contribution is -2.34. The van der Waals surface area contributed by atoms with Gasteiger partial charge >= 0.3 is 0 Å². The SMILES string of the molecule is CCC(=O)Nc1cc(NC(=S)NC(=O)c2ccccc2Br)ccc1C. The average Bonchev–Trinajstić information content (AvgIpc) is 2.57. The second-order valence-corrected chi connectivity index (χ2v) is 6.58. The fourth-order valence-corrected chi connectivity index (χ4v) is 2.73. The highest BCUT2D eigenvalue weighted by molar-refractivity contribution is 9.10. The molecule has 0 radical (unpaired) electrons. The fraction of sp³-hybridized carbons (Fsp3) is 0.167. The molecule has 2 aromatic carbocycles. The molecule has 0 saturated carbocycles. The molecule has 0 bridgehead atoms. The lowest BCUT2D eigenvalue weighted by molar-refractivity contribution is -0.115. The van der Waals surface area contributed by atoms with Crippen LogP contribution in [0.2, 0.25) is 0 Å². The molecular formula is C18H18BrN3O2S. The number of carbonyl (C=O) groups excluding carboxylic acids is 2. The van der Waals surface area contributed by atoms with Crippen molar-refractivity contribution in [3.63, 3.8) is 0 Å². The molecule has 2 aromatic rings. The van der Waals surface area contributed by atoms with E-state index in [1.807, 2.05) is 25.1 Å². The third-order valence-electron chi connectivity index (χ3n) is 3.44. The van der Waals surface area contributed by atoms with E-state index in [0.717, 1.165) is 5.56 Å². The van der Waals surface area contributed by atoms with E-state index < -0.39 is 0 Å². The van der Waals surface area contributed by atoms with Gasteiger partial charge in [-0.1, -0.05) is 25.1 Å². The van der Waals surface area contributed by atoms with Crippen molar-refractivity contribution in [2.45, 2.75) is 20.3 Å². The van der Waals surface area contributed by atoms with Crippen LogP contribution in [0.4, 0.5) is 11.4 Å². The number of carbonyl (C=O) groups is 2. The highest BCUT2D eigenvalue weighted by Gasteiger charge is 2.11. The Bertz CT molecular complexity index is 824. The molecule has 0 unspecified atom stereocenters. The molecule has 25 heavy (non-hydrogen) atoms. The van der Waals surface area contributed by atoms with Crippen molar-refractivity contribution in [1.29, 1.82) is 0 Å². The van der Waals surface area contributed by atoms with Gasteiger partial charge in [0.25, 0.3) is 5.91 Å². The summed E-state index contributed by atoms with van der Waals surface area (Å²) in [6.07, 6.45) is 0.400. The Balaban J connectivity index is 2.05. The second kappa shape index (κ2) is 8.73. The minimum absolute atomic E-state index is 0.0648. The smallest absolute Gasteiger partial charge is 0.258 e. The van der Waals surface area contributed by atoms with E-state index in [4.69, 9.17) is 12.2 Å². The first-order valence-electron chi connectivity index (χ1n) is 7.68. The Hall–Kier alpha value is -2.25. The van der Waals surface area contributed by atoms with Gasteiger partial charge in [-0.3, -0.25) is 14.9 Å². The van der Waals surface area contributed by atoms with Crippen LogP contribution in [0.1, 0.15) is 29.3 Å². The van der Waals surface area contributed by atoms with Crippen molar-refractivity contribution in [3.8, 4) is 0 Å². The summed E-state index contributed by atoms with van der Waals surface area (Å²) in [5.74, 6) is -0.373. The summed E-state index contributed by atoms with van der Waals surface area (Å²) in [5.41, 5.74) is 2.81. The van der Waals surface area contributed by atoms with Crippen LogP contribution >= 0.6 is 28.1 Å². The Morgan fingerprint density at radius 3 is 2.52 bits per heavy atom. The van der Waals surface area contributed by atoms with E-state index in [1.54, 1.807) is 31.2 Å². The summed E-state index contributed by atoms with van der Waals surface area (Å²) in [6.45, 7) is 3.70. The van der Waals surface area contributed by atoms with Crippen LogP contribution in [0.3, 0.4) is 0 Å². The van der Waals surface area contributed by atoms with Crippen LogP contribution in [-0.4, -0.2) is 16.9 Å². The largest absolute Gasteiger partial charge is 0.332 e. The van der Waals surface area contributed by atoms with Gasteiger partial charge in [0.2, 0.25) is 5.91 Å². The molecule has 2 amide bonds. The summed E-state index contributed by atoms with van der Waals surface area (Å²) < 4.78 is 0.690. The third kappa shape index (κ3) is 5.37. The van der Waals surface area contributed by atoms with Gasteiger partial charge in [0.15, 0.2) is 5.11 Å². The first kappa shape index (κ1) is 19.1. The average molecular weight is 420 g/mol. The van der Waals surface area contributed by atoms with E-state index in [1.165, 1.54) is 0 Å². The zero-order valence-corrected chi connectivity index (χ0v) is 16.3. The van der Waals surface area contributed by atoms with Gasteiger partial charge in [-0.2, -0.15) is 0 Å². The van der Waals surface area contributed by atoms with Gasteiger partial charge in [-0.15, -0.1) is 0 Å². The summed E-state index contributed by atoms with van der Waals surface area (Å²) in [4.78, 5) is 23.8. The van der Waals surface area contributed by atoms with E-state index in [0.29, 0.717) is 27.8 Å². The van der Waals surface area contributed by atoms with Gasteiger partial charge < -0.3 is 10.6 Å².